The van der Waals surface area contributed by atoms with Crippen LogP contribution in [-0.4, -0.2) is 49.5 Å². The molecule has 1 N–H and O–H groups in total. The Morgan fingerprint density at radius 3 is 2.74 bits per heavy atom. The van der Waals surface area contributed by atoms with Crippen LogP contribution >= 0.6 is 0 Å². The van der Waals surface area contributed by atoms with Gasteiger partial charge >= 0.3 is 0 Å². The molecule has 0 saturated carbocycles. The van der Waals surface area contributed by atoms with Gasteiger partial charge in [0, 0.05) is 24.4 Å². The lowest BCUT2D eigenvalue weighted by Crippen LogP contribution is -2.30. The highest BCUT2D eigenvalue weighted by Crippen LogP contribution is 2.47. The van der Waals surface area contributed by atoms with E-state index in [9.17, 15) is 13.2 Å². The number of nitrogens with one attached hydrogen (secondary N) is 1. The number of rotatable bonds is 6. The number of halogens is 3. The van der Waals surface area contributed by atoms with E-state index in [2.05, 4.69) is 20.2 Å². The van der Waals surface area contributed by atoms with E-state index in [1.807, 2.05) is 13.1 Å². The fraction of sp³-hybridized carbons (Fsp3) is 0.440. The molecule has 3 aromatic rings. The van der Waals surface area contributed by atoms with Crippen molar-refractivity contribution in [2.45, 2.75) is 38.8 Å². The molecular formula is C25H27F3N4O3. The Morgan fingerprint density at radius 2 is 2.00 bits per heavy atom. The Morgan fingerprint density at radius 1 is 1.20 bits per heavy atom. The predicted octanol–water partition coefficient (Wildman–Crippen LogP) is 5.18. The van der Waals surface area contributed by atoms with Crippen molar-refractivity contribution in [3.05, 3.63) is 47.0 Å². The van der Waals surface area contributed by atoms with Crippen LogP contribution in [0.3, 0.4) is 0 Å². The number of anilines is 2. The summed E-state index contributed by atoms with van der Waals surface area (Å²) < 4.78 is 59.1. The van der Waals surface area contributed by atoms with Crippen molar-refractivity contribution in [2.75, 3.05) is 43.6 Å². The summed E-state index contributed by atoms with van der Waals surface area (Å²) in [5.41, 5.74) is 0.961. The molecule has 2 atom stereocenters. The van der Waals surface area contributed by atoms with Crippen molar-refractivity contribution in [2.24, 2.45) is 0 Å². The molecule has 3 heterocycles. The third-order valence-corrected chi connectivity index (χ3v) is 6.35. The highest BCUT2D eigenvalue weighted by Gasteiger charge is 2.29. The van der Waals surface area contributed by atoms with Gasteiger partial charge in [-0.15, -0.1) is 0 Å². The molecule has 0 amide bonds. The van der Waals surface area contributed by atoms with Crippen LogP contribution in [0.4, 0.5) is 24.7 Å². The van der Waals surface area contributed by atoms with Gasteiger partial charge < -0.3 is 24.4 Å². The minimum atomic E-state index is -2.90. The van der Waals surface area contributed by atoms with Gasteiger partial charge in [0.15, 0.2) is 11.5 Å². The Labute approximate surface area is 201 Å². The molecule has 10 heteroatoms. The average molecular weight is 489 g/mol. The summed E-state index contributed by atoms with van der Waals surface area (Å²) in [6.07, 6.45) is -2.22. The number of aromatic nitrogens is 2. The fourth-order valence-corrected chi connectivity index (χ4v) is 4.55. The lowest BCUT2D eigenvalue weighted by atomic mass is 10.0. The smallest absolute Gasteiger partial charge is 0.266 e. The topological polar surface area (TPSA) is 68.7 Å². The first-order chi connectivity index (χ1) is 16.8. The van der Waals surface area contributed by atoms with Gasteiger partial charge in [0.1, 0.15) is 41.4 Å². The molecule has 0 aliphatic carbocycles. The van der Waals surface area contributed by atoms with Crippen LogP contribution in [0.5, 0.6) is 11.5 Å². The van der Waals surface area contributed by atoms with Crippen molar-refractivity contribution in [3.8, 4) is 11.5 Å². The fourth-order valence-electron chi connectivity index (χ4n) is 4.55. The molecule has 0 unspecified atom stereocenters. The van der Waals surface area contributed by atoms with E-state index in [1.54, 1.807) is 13.8 Å². The van der Waals surface area contributed by atoms with Crippen LogP contribution in [0.1, 0.15) is 42.8 Å². The third-order valence-electron chi connectivity index (χ3n) is 6.35. The number of benzene rings is 2. The van der Waals surface area contributed by atoms with E-state index in [4.69, 9.17) is 14.2 Å². The van der Waals surface area contributed by atoms with Crippen molar-refractivity contribution in [3.63, 3.8) is 0 Å². The first-order valence-corrected chi connectivity index (χ1v) is 11.6. The van der Waals surface area contributed by atoms with Gasteiger partial charge in [-0.3, -0.25) is 0 Å². The summed E-state index contributed by atoms with van der Waals surface area (Å²) in [5.74, 6) is 1.21. The lowest BCUT2D eigenvalue weighted by molar-refractivity contribution is 0.137. The van der Waals surface area contributed by atoms with Gasteiger partial charge in [-0.1, -0.05) is 18.2 Å². The van der Waals surface area contributed by atoms with Crippen molar-refractivity contribution in [1.82, 2.24) is 9.97 Å². The quantitative estimate of drug-likeness (QED) is 0.513. The molecule has 1 saturated heterocycles. The maximum absolute atomic E-state index is 14.8. The molecule has 2 aliphatic rings. The van der Waals surface area contributed by atoms with Crippen LogP contribution < -0.4 is 19.7 Å². The van der Waals surface area contributed by atoms with Gasteiger partial charge in [-0.05, 0) is 19.9 Å². The minimum absolute atomic E-state index is 0.0970. The standard InChI is InChI=1S/C25H27F3N4O3/c1-13(16-5-4-6-17(20(16)26)24(27)28)29-25-18-11-19(35-15-7-9-33-12-15)23-22(32(3)8-10-34-23)21(18)30-14(2)31-25/h4-6,11,13,15,24H,7-10,12H2,1-3H3,(H,29,30,31)/t13-,15-/m1/s1. The van der Waals surface area contributed by atoms with E-state index in [1.165, 1.54) is 12.1 Å². The number of alkyl halides is 2. The zero-order valence-corrected chi connectivity index (χ0v) is 19.8. The normalized spacial score (nSPS) is 18.5. The third kappa shape index (κ3) is 4.42. The van der Waals surface area contributed by atoms with Gasteiger partial charge in [-0.2, -0.15) is 0 Å². The van der Waals surface area contributed by atoms with Crippen molar-refractivity contribution in [1.29, 1.82) is 0 Å². The van der Waals surface area contributed by atoms with Crippen molar-refractivity contribution >= 4 is 22.4 Å². The largest absolute Gasteiger partial charge is 0.486 e. The molecule has 2 aromatic carbocycles. The first kappa shape index (κ1) is 23.5. The molecule has 5 rings (SSSR count). The van der Waals surface area contributed by atoms with E-state index < -0.39 is 23.8 Å². The van der Waals surface area contributed by atoms with Gasteiger partial charge in [0.2, 0.25) is 0 Å². The highest BCUT2D eigenvalue weighted by atomic mass is 19.3. The summed E-state index contributed by atoms with van der Waals surface area (Å²) in [7, 11) is 1.96. The number of ether oxygens (including phenoxy) is 3. The number of hydrogen-bond acceptors (Lipinski definition) is 7. The maximum atomic E-state index is 14.8. The number of fused-ring (bicyclic) bond motifs is 3. The Hall–Kier alpha value is -3.27. The second-order valence-electron chi connectivity index (χ2n) is 8.86. The molecular weight excluding hydrogens is 461 g/mol. The van der Waals surface area contributed by atoms with Gasteiger partial charge in [-0.25, -0.2) is 23.1 Å². The Kier molecular flexibility index (Phi) is 6.31. The molecule has 7 nitrogen and oxygen atoms in total. The SMILES string of the molecule is Cc1nc(N[C@H](C)c2cccc(C(F)F)c2F)c2cc(O[C@@H]3CCOC3)c3c(c2n1)N(C)CCO3. The van der Waals surface area contributed by atoms with Crippen LogP contribution in [0.15, 0.2) is 24.3 Å². The number of likely N-dealkylation sites (N-methyl/N-ethyl adjacent to an activating group) is 1. The summed E-state index contributed by atoms with van der Waals surface area (Å²) in [5, 5.41) is 3.88. The summed E-state index contributed by atoms with van der Waals surface area (Å²) >= 11 is 0. The van der Waals surface area contributed by atoms with Gasteiger partial charge in [0.05, 0.1) is 31.4 Å². The second kappa shape index (κ2) is 9.41. The second-order valence-corrected chi connectivity index (χ2v) is 8.86. The lowest BCUT2D eigenvalue weighted by Gasteiger charge is -2.31. The average Bonchev–Trinajstić information content (AvgIpc) is 3.32. The summed E-state index contributed by atoms with van der Waals surface area (Å²) in [4.78, 5) is 11.3. The maximum Gasteiger partial charge on any atom is 0.266 e. The molecule has 0 radical (unpaired) electrons. The molecule has 2 aliphatic heterocycles. The molecule has 186 valence electrons. The van der Waals surface area contributed by atoms with E-state index in [0.717, 1.165) is 18.2 Å². The van der Waals surface area contributed by atoms with Crippen molar-refractivity contribution < 1.29 is 27.4 Å². The zero-order valence-electron chi connectivity index (χ0n) is 19.8. The predicted molar refractivity (Wildman–Crippen MR) is 126 cm³/mol. The van der Waals surface area contributed by atoms with Crippen LogP contribution in [0.2, 0.25) is 0 Å². The minimum Gasteiger partial charge on any atom is -0.486 e. The monoisotopic (exact) mass is 488 g/mol. The Balaban J connectivity index is 1.61. The molecule has 0 spiro atoms. The zero-order chi connectivity index (χ0) is 24.7. The van der Waals surface area contributed by atoms with Crippen LogP contribution in [0, 0.1) is 12.7 Å². The highest BCUT2D eigenvalue weighted by molar-refractivity contribution is 6.02. The summed E-state index contributed by atoms with van der Waals surface area (Å²) in [6.45, 7) is 5.79. The Bertz CT molecular complexity index is 1250. The number of nitrogens with zero attached hydrogens (tertiary/aromatic N) is 3. The molecule has 0 bridgehead atoms. The molecule has 35 heavy (non-hydrogen) atoms. The number of aryl methyl sites for hydroxylation is 1. The van der Waals surface area contributed by atoms with Crippen LogP contribution in [-0.2, 0) is 4.74 Å². The molecule has 1 fully saturated rings. The van der Waals surface area contributed by atoms with E-state index in [-0.39, 0.29) is 11.7 Å². The summed E-state index contributed by atoms with van der Waals surface area (Å²) in [6, 6.07) is 5.21. The van der Waals surface area contributed by atoms with E-state index >= 15 is 0 Å². The number of hydrogen-bond donors (Lipinski definition) is 1. The van der Waals surface area contributed by atoms with Gasteiger partial charge in [0.25, 0.3) is 6.43 Å². The van der Waals surface area contributed by atoms with E-state index in [0.29, 0.717) is 60.4 Å². The van der Waals surface area contributed by atoms with Crippen LogP contribution in [0.25, 0.3) is 10.9 Å². The molecule has 1 aromatic heterocycles. The first-order valence-electron chi connectivity index (χ1n) is 11.6.